The lowest BCUT2D eigenvalue weighted by atomic mass is 9.94. The van der Waals surface area contributed by atoms with Crippen molar-refractivity contribution in [2.75, 3.05) is 33.2 Å². The Bertz CT molecular complexity index is 1010. The molecule has 1 saturated heterocycles. The van der Waals surface area contributed by atoms with Gasteiger partial charge in [0.05, 0.1) is 11.4 Å². The van der Waals surface area contributed by atoms with Crippen LogP contribution in [0, 0.1) is 5.92 Å². The van der Waals surface area contributed by atoms with E-state index in [4.69, 9.17) is 4.99 Å². The Morgan fingerprint density at radius 1 is 1.13 bits per heavy atom. The van der Waals surface area contributed by atoms with Crippen molar-refractivity contribution >= 4 is 11.7 Å². The number of likely N-dealkylation sites (tertiary alicyclic amines) is 1. The summed E-state index contributed by atoms with van der Waals surface area (Å²) in [4.78, 5) is 20.6. The van der Waals surface area contributed by atoms with E-state index < -0.39 is 0 Å². The molecule has 31 heavy (non-hydrogen) atoms. The highest BCUT2D eigenvalue weighted by atomic mass is 15.4. The van der Waals surface area contributed by atoms with Gasteiger partial charge in [-0.1, -0.05) is 30.8 Å². The molecule has 1 fully saturated rings. The van der Waals surface area contributed by atoms with Crippen LogP contribution in [0.25, 0.3) is 5.70 Å². The Hall–Kier alpha value is -2.99. The summed E-state index contributed by atoms with van der Waals surface area (Å²) in [5.41, 5.74) is 5.64. The number of fused-ring (bicyclic) bond motifs is 1. The molecule has 4 heterocycles. The molecule has 6 heteroatoms. The molecular weight excluding hydrogens is 384 g/mol. The number of aromatic nitrogens is 2. The van der Waals surface area contributed by atoms with Crippen LogP contribution >= 0.6 is 0 Å². The van der Waals surface area contributed by atoms with E-state index in [0.717, 1.165) is 62.2 Å². The minimum atomic E-state index is 0.650. The van der Waals surface area contributed by atoms with E-state index in [0.29, 0.717) is 5.92 Å². The lowest BCUT2D eigenvalue weighted by molar-refractivity contribution is 0.158. The van der Waals surface area contributed by atoms with Crippen molar-refractivity contribution in [3.63, 3.8) is 0 Å². The van der Waals surface area contributed by atoms with Crippen molar-refractivity contribution in [3.8, 4) is 0 Å². The third-order valence-electron chi connectivity index (χ3n) is 6.63. The van der Waals surface area contributed by atoms with Gasteiger partial charge in [-0.25, -0.2) is 15.0 Å². The van der Waals surface area contributed by atoms with Crippen LogP contribution in [0.2, 0.25) is 0 Å². The highest BCUT2D eigenvalue weighted by Crippen LogP contribution is 2.27. The fourth-order valence-electron chi connectivity index (χ4n) is 4.93. The molecule has 160 valence electrons. The maximum absolute atomic E-state index is 4.98. The molecule has 1 aromatic heterocycles. The summed E-state index contributed by atoms with van der Waals surface area (Å²) in [6, 6.07) is 10.8. The van der Waals surface area contributed by atoms with E-state index in [2.05, 4.69) is 62.6 Å². The van der Waals surface area contributed by atoms with Crippen LogP contribution in [0.3, 0.4) is 0 Å². The van der Waals surface area contributed by atoms with Crippen molar-refractivity contribution in [2.45, 2.75) is 25.8 Å². The lowest BCUT2D eigenvalue weighted by Crippen LogP contribution is -2.49. The van der Waals surface area contributed by atoms with Crippen molar-refractivity contribution in [3.05, 3.63) is 78.0 Å². The lowest BCUT2D eigenvalue weighted by Gasteiger charge is -2.41. The van der Waals surface area contributed by atoms with Gasteiger partial charge < -0.3 is 9.80 Å². The summed E-state index contributed by atoms with van der Waals surface area (Å²) in [6.45, 7) is 9.69. The van der Waals surface area contributed by atoms with Crippen LogP contribution in [-0.2, 0) is 13.0 Å². The van der Waals surface area contributed by atoms with Gasteiger partial charge in [0.15, 0.2) is 0 Å². The standard InChI is InChI=1S/C25H30N6/c1-19-14-24(23-9-11-26-18-27-23)28-25(29(19)2)31-12-5-6-20(16-31)15-30-13-10-21-7-3-4-8-22(21)17-30/h3-4,7-9,11,14,18,20H,1,5-6,10,12-13,15-17H2,2H3. The molecule has 3 aliphatic heterocycles. The van der Waals surface area contributed by atoms with E-state index in [1.165, 1.54) is 24.0 Å². The van der Waals surface area contributed by atoms with E-state index in [9.17, 15) is 0 Å². The monoisotopic (exact) mass is 414 g/mol. The number of piperidine rings is 1. The SMILES string of the molecule is C=C1C=C(c2ccncn2)N=C(N2CCCC(CN3CCc4ccccc4C3)C2)N1C. The minimum Gasteiger partial charge on any atom is -0.342 e. The van der Waals surface area contributed by atoms with Crippen LogP contribution < -0.4 is 0 Å². The first-order chi connectivity index (χ1) is 15.2. The number of likely N-dealkylation sites (N-methyl/N-ethyl adjacent to an activating group) is 1. The molecule has 0 saturated carbocycles. The first kappa shape index (κ1) is 19.9. The smallest absolute Gasteiger partial charge is 0.206 e. The van der Waals surface area contributed by atoms with E-state index >= 15 is 0 Å². The van der Waals surface area contributed by atoms with Gasteiger partial charge in [-0.15, -0.1) is 0 Å². The minimum absolute atomic E-state index is 0.650. The Labute approximate surface area is 184 Å². The molecule has 0 amide bonds. The van der Waals surface area contributed by atoms with Crippen LogP contribution in [0.1, 0.15) is 29.7 Å². The van der Waals surface area contributed by atoms with E-state index in [-0.39, 0.29) is 0 Å². The molecule has 0 radical (unpaired) electrons. The molecular formula is C25H30N6. The number of nitrogens with zero attached hydrogens (tertiary/aromatic N) is 6. The Morgan fingerprint density at radius 3 is 2.84 bits per heavy atom. The molecule has 0 spiro atoms. The number of hydrogen-bond acceptors (Lipinski definition) is 6. The quantitative estimate of drug-likeness (QED) is 0.770. The summed E-state index contributed by atoms with van der Waals surface area (Å²) in [5.74, 6) is 1.63. The second-order valence-corrected chi connectivity index (χ2v) is 8.79. The number of allylic oxidation sites excluding steroid dienone is 1. The molecule has 3 aliphatic rings. The van der Waals surface area contributed by atoms with Gasteiger partial charge in [0, 0.05) is 51.7 Å². The summed E-state index contributed by atoms with van der Waals surface area (Å²) in [7, 11) is 2.06. The Kier molecular flexibility index (Phi) is 5.55. The number of benzene rings is 1. The van der Waals surface area contributed by atoms with Gasteiger partial charge in [0.1, 0.15) is 6.33 Å². The third-order valence-corrected chi connectivity index (χ3v) is 6.63. The van der Waals surface area contributed by atoms with E-state index in [1.54, 1.807) is 12.5 Å². The van der Waals surface area contributed by atoms with E-state index in [1.807, 2.05) is 12.1 Å². The second kappa shape index (κ2) is 8.63. The molecule has 0 N–H and O–H groups in total. The van der Waals surface area contributed by atoms with Crippen LogP contribution in [0.4, 0.5) is 0 Å². The summed E-state index contributed by atoms with van der Waals surface area (Å²) in [5, 5.41) is 0. The number of guanidine groups is 1. The molecule has 6 nitrogen and oxygen atoms in total. The molecule has 5 rings (SSSR count). The predicted molar refractivity (Wildman–Crippen MR) is 124 cm³/mol. The number of aliphatic imine (C=N–C) groups is 1. The molecule has 1 atom stereocenters. The maximum Gasteiger partial charge on any atom is 0.206 e. The zero-order valence-corrected chi connectivity index (χ0v) is 18.2. The average Bonchev–Trinajstić information content (AvgIpc) is 2.81. The third kappa shape index (κ3) is 4.26. The highest BCUT2D eigenvalue weighted by molar-refractivity contribution is 5.90. The van der Waals surface area contributed by atoms with Gasteiger partial charge in [0.25, 0.3) is 0 Å². The average molecular weight is 415 g/mol. The second-order valence-electron chi connectivity index (χ2n) is 8.79. The largest absolute Gasteiger partial charge is 0.342 e. The normalized spacial score (nSPS) is 22.1. The summed E-state index contributed by atoms with van der Waals surface area (Å²) in [6.07, 6.45) is 8.96. The fourth-order valence-corrected chi connectivity index (χ4v) is 4.93. The van der Waals surface area contributed by atoms with Crippen molar-refractivity contribution in [2.24, 2.45) is 10.9 Å². The van der Waals surface area contributed by atoms with Crippen LogP contribution in [-0.4, -0.2) is 63.9 Å². The van der Waals surface area contributed by atoms with Gasteiger partial charge in [-0.05, 0) is 48.4 Å². The topological polar surface area (TPSA) is 47.9 Å². The first-order valence-corrected chi connectivity index (χ1v) is 11.2. The molecule has 2 aromatic rings. The van der Waals surface area contributed by atoms with Gasteiger partial charge >= 0.3 is 0 Å². The number of hydrogen-bond donors (Lipinski definition) is 0. The fraction of sp³-hybridized carbons (Fsp3) is 0.400. The Morgan fingerprint density at radius 2 is 2.00 bits per heavy atom. The van der Waals surface area contributed by atoms with Crippen molar-refractivity contribution in [1.82, 2.24) is 24.7 Å². The zero-order valence-electron chi connectivity index (χ0n) is 18.2. The Balaban J connectivity index is 1.29. The molecule has 0 aliphatic carbocycles. The van der Waals surface area contributed by atoms with Crippen molar-refractivity contribution < 1.29 is 0 Å². The molecule has 1 aromatic carbocycles. The summed E-state index contributed by atoms with van der Waals surface area (Å²) >= 11 is 0. The molecule has 0 bridgehead atoms. The van der Waals surface area contributed by atoms with Gasteiger partial charge in [-0.2, -0.15) is 0 Å². The van der Waals surface area contributed by atoms with Crippen molar-refractivity contribution in [1.29, 1.82) is 0 Å². The number of rotatable bonds is 3. The maximum atomic E-state index is 4.98. The van der Waals surface area contributed by atoms with Gasteiger partial charge in [-0.3, -0.25) is 4.90 Å². The first-order valence-electron chi connectivity index (χ1n) is 11.2. The van der Waals surface area contributed by atoms with Gasteiger partial charge in [0.2, 0.25) is 5.96 Å². The summed E-state index contributed by atoms with van der Waals surface area (Å²) < 4.78 is 0. The van der Waals surface area contributed by atoms with Crippen LogP contribution in [0.5, 0.6) is 0 Å². The molecule has 1 unspecified atom stereocenters. The predicted octanol–water partition coefficient (Wildman–Crippen LogP) is 3.40. The highest BCUT2D eigenvalue weighted by Gasteiger charge is 2.29. The van der Waals surface area contributed by atoms with Crippen LogP contribution in [0.15, 0.2) is 66.2 Å². The zero-order chi connectivity index (χ0) is 21.2.